The summed E-state index contributed by atoms with van der Waals surface area (Å²) in [6.45, 7) is 2.05. The maximum absolute atomic E-state index is 13.7. The SMILES string of the molecule is Cc1c(Cc2ccc3c(c2)OCO3)sc(NC(=O)c2cc(-c3ccccc3)nc3ccccc23)c1C(N)=O. The van der Waals surface area contributed by atoms with Crippen LogP contribution in [0.1, 0.15) is 36.7 Å². The number of nitrogens with two attached hydrogens (primary N) is 1. The van der Waals surface area contributed by atoms with Gasteiger partial charge in [-0.3, -0.25) is 9.59 Å². The van der Waals surface area contributed by atoms with Crippen LogP contribution in [0.2, 0.25) is 0 Å². The van der Waals surface area contributed by atoms with Gasteiger partial charge in [-0.2, -0.15) is 0 Å². The van der Waals surface area contributed by atoms with Crippen molar-refractivity contribution in [1.82, 2.24) is 4.98 Å². The van der Waals surface area contributed by atoms with Gasteiger partial charge in [-0.15, -0.1) is 11.3 Å². The van der Waals surface area contributed by atoms with Crippen molar-refractivity contribution >= 4 is 39.1 Å². The number of benzene rings is 3. The first-order valence-electron chi connectivity index (χ1n) is 12.0. The van der Waals surface area contributed by atoms with Crippen molar-refractivity contribution in [1.29, 1.82) is 0 Å². The first-order valence-corrected chi connectivity index (χ1v) is 12.9. The summed E-state index contributed by atoms with van der Waals surface area (Å²) in [7, 11) is 0. The van der Waals surface area contributed by atoms with Crippen molar-refractivity contribution < 1.29 is 19.1 Å². The van der Waals surface area contributed by atoms with Gasteiger partial charge in [-0.1, -0.05) is 54.6 Å². The maximum atomic E-state index is 13.7. The Balaban J connectivity index is 1.36. The molecule has 0 fully saturated rings. The number of ether oxygens (including phenoxy) is 2. The Morgan fingerprint density at radius 1 is 0.974 bits per heavy atom. The third-order valence-corrected chi connectivity index (χ3v) is 7.76. The van der Waals surface area contributed by atoms with Crippen molar-refractivity contribution in [3.63, 3.8) is 0 Å². The van der Waals surface area contributed by atoms with Crippen LogP contribution in [-0.2, 0) is 6.42 Å². The third kappa shape index (κ3) is 4.35. The predicted molar refractivity (Wildman–Crippen MR) is 148 cm³/mol. The molecule has 3 heterocycles. The van der Waals surface area contributed by atoms with Gasteiger partial charge in [0.1, 0.15) is 5.00 Å². The van der Waals surface area contributed by atoms with Gasteiger partial charge in [0.2, 0.25) is 6.79 Å². The van der Waals surface area contributed by atoms with E-state index in [1.54, 1.807) is 6.07 Å². The molecule has 0 aliphatic carbocycles. The van der Waals surface area contributed by atoms with Crippen LogP contribution in [0, 0.1) is 6.92 Å². The Morgan fingerprint density at radius 3 is 2.55 bits per heavy atom. The van der Waals surface area contributed by atoms with E-state index in [-0.39, 0.29) is 12.7 Å². The number of amides is 2. The number of aromatic nitrogens is 1. The molecular formula is C30H23N3O4S. The number of hydrogen-bond donors (Lipinski definition) is 2. The van der Waals surface area contributed by atoms with Crippen LogP contribution in [0.25, 0.3) is 22.2 Å². The molecule has 188 valence electrons. The van der Waals surface area contributed by atoms with Gasteiger partial charge < -0.3 is 20.5 Å². The number of fused-ring (bicyclic) bond motifs is 2. The Hall–Kier alpha value is -4.69. The molecule has 0 saturated carbocycles. The molecule has 3 aromatic carbocycles. The first-order chi connectivity index (χ1) is 18.5. The minimum absolute atomic E-state index is 0.203. The lowest BCUT2D eigenvalue weighted by atomic mass is 10.0. The molecule has 0 saturated heterocycles. The second-order valence-corrected chi connectivity index (χ2v) is 10.1. The molecule has 0 spiro atoms. The maximum Gasteiger partial charge on any atom is 0.257 e. The molecule has 2 aromatic heterocycles. The number of hydrogen-bond acceptors (Lipinski definition) is 6. The number of para-hydroxylation sites is 1. The first kappa shape index (κ1) is 23.7. The van der Waals surface area contributed by atoms with Crippen molar-refractivity contribution in [2.75, 3.05) is 12.1 Å². The summed E-state index contributed by atoms with van der Waals surface area (Å²) < 4.78 is 10.9. The fourth-order valence-corrected chi connectivity index (χ4v) is 5.88. The van der Waals surface area contributed by atoms with E-state index in [9.17, 15) is 9.59 Å². The summed E-state index contributed by atoms with van der Waals surface area (Å²) in [5.74, 6) is 0.482. The minimum Gasteiger partial charge on any atom is -0.454 e. The lowest BCUT2D eigenvalue weighted by Gasteiger charge is -2.11. The summed E-state index contributed by atoms with van der Waals surface area (Å²) in [5.41, 5.74) is 10.6. The van der Waals surface area contributed by atoms with Crippen molar-refractivity contribution in [3.8, 4) is 22.8 Å². The summed E-state index contributed by atoms with van der Waals surface area (Å²) in [6.07, 6.45) is 0.555. The van der Waals surface area contributed by atoms with E-state index in [4.69, 9.17) is 20.2 Å². The Labute approximate surface area is 222 Å². The molecule has 8 heteroatoms. The van der Waals surface area contributed by atoms with Gasteiger partial charge in [0.25, 0.3) is 11.8 Å². The van der Waals surface area contributed by atoms with Gasteiger partial charge in [0.15, 0.2) is 11.5 Å². The number of rotatable bonds is 6. The van der Waals surface area contributed by atoms with Crippen molar-refractivity contribution in [3.05, 3.63) is 106 Å². The molecule has 0 unspecified atom stereocenters. The number of primary amides is 1. The summed E-state index contributed by atoms with van der Waals surface area (Å²) in [6, 6.07) is 24.8. The highest BCUT2D eigenvalue weighted by Gasteiger charge is 2.23. The largest absolute Gasteiger partial charge is 0.454 e. The summed E-state index contributed by atoms with van der Waals surface area (Å²) >= 11 is 1.35. The van der Waals surface area contributed by atoms with E-state index in [0.717, 1.165) is 27.0 Å². The predicted octanol–water partition coefficient (Wildman–Crippen LogP) is 5.94. The van der Waals surface area contributed by atoms with E-state index in [1.165, 1.54) is 11.3 Å². The molecule has 2 amide bonds. The van der Waals surface area contributed by atoms with E-state index in [0.29, 0.717) is 45.3 Å². The lowest BCUT2D eigenvalue weighted by Crippen LogP contribution is -2.18. The number of carbonyl (C=O) groups is 2. The zero-order chi connectivity index (χ0) is 26.2. The molecule has 0 radical (unpaired) electrons. The average molecular weight is 522 g/mol. The zero-order valence-electron chi connectivity index (χ0n) is 20.5. The smallest absolute Gasteiger partial charge is 0.257 e. The molecule has 1 aliphatic rings. The second kappa shape index (κ2) is 9.64. The van der Waals surface area contributed by atoms with Crippen molar-refractivity contribution in [2.24, 2.45) is 5.73 Å². The van der Waals surface area contributed by atoms with Gasteiger partial charge >= 0.3 is 0 Å². The van der Waals surface area contributed by atoms with Crippen LogP contribution in [0.5, 0.6) is 11.5 Å². The number of carbonyl (C=O) groups excluding carboxylic acids is 2. The monoisotopic (exact) mass is 521 g/mol. The van der Waals surface area contributed by atoms with Crippen LogP contribution >= 0.6 is 11.3 Å². The standard InChI is InChI=1S/C30H23N3O4S/c1-17-26(14-18-11-12-24-25(13-18)37-16-36-24)38-30(27(17)28(31)34)33-29(35)21-15-23(19-7-3-2-4-8-19)32-22-10-6-5-9-20(21)22/h2-13,15H,14,16H2,1H3,(H2,31,34)(H,33,35). The third-order valence-electron chi connectivity index (χ3n) is 6.55. The highest BCUT2D eigenvalue weighted by atomic mass is 32.1. The fraction of sp³-hybridized carbons (Fsp3) is 0.100. The Morgan fingerprint density at radius 2 is 1.74 bits per heavy atom. The van der Waals surface area contributed by atoms with Gasteiger partial charge in [0.05, 0.1) is 22.3 Å². The molecule has 3 N–H and O–H groups in total. The normalized spacial score (nSPS) is 12.0. The highest BCUT2D eigenvalue weighted by molar-refractivity contribution is 7.17. The van der Waals surface area contributed by atoms with Crippen LogP contribution in [0.15, 0.2) is 78.9 Å². The number of nitrogens with one attached hydrogen (secondary N) is 1. The number of pyridine rings is 1. The molecule has 38 heavy (non-hydrogen) atoms. The summed E-state index contributed by atoms with van der Waals surface area (Å²) in [4.78, 5) is 31.8. The van der Waals surface area contributed by atoms with Crippen LogP contribution in [-0.4, -0.2) is 23.6 Å². The molecule has 1 aliphatic heterocycles. The van der Waals surface area contributed by atoms with E-state index in [2.05, 4.69) is 5.32 Å². The minimum atomic E-state index is -0.587. The topological polar surface area (TPSA) is 104 Å². The van der Waals surface area contributed by atoms with Gasteiger partial charge in [-0.25, -0.2) is 4.98 Å². The highest BCUT2D eigenvalue weighted by Crippen LogP contribution is 2.38. The van der Waals surface area contributed by atoms with Crippen molar-refractivity contribution in [2.45, 2.75) is 13.3 Å². The Kier molecular flexibility index (Phi) is 6.01. The summed E-state index contributed by atoms with van der Waals surface area (Å²) in [5, 5.41) is 4.12. The van der Waals surface area contributed by atoms with E-state index < -0.39 is 5.91 Å². The fourth-order valence-electron chi connectivity index (χ4n) is 4.64. The van der Waals surface area contributed by atoms with Gasteiger partial charge in [0, 0.05) is 22.2 Å². The van der Waals surface area contributed by atoms with Gasteiger partial charge in [-0.05, 0) is 42.3 Å². The zero-order valence-corrected chi connectivity index (χ0v) is 21.3. The molecule has 6 rings (SSSR count). The number of anilines is 1. The molecular weight excluding hydrogens is 498 g/mol. The Bertz CT molecular complexity index is 1710. The van der Waals surface area contributed by atoms with E-state index >= 15 is 0 Å². The van der Waals surface area contributed by atoms with Crippen LogP contribution < -0.4 is 20.5 Å². The second-order valence-electron chi connectivity index (χ2n) is 8.98. The quantitative estimate of drug-likeness (QED) is 0.288. The lowest BCUT2D eigenvalue weighted by molar-refractivity contribution is 0.100. The molecule has 0 bridgehead atoms. The molecule has 5 aromatic rings. The molecule has 7 nitrogen and oxygen atoms in total. The van der Waals surface area contributed by atoms with Crippen LogP contribution in [0.3, 0.4) is 0 Å². The average Bonchev–Trinajstić information content (AvgIpc) is 3.52. The van der Waals surface area contributed by atoms with E-state index in [1.807, 2.05) is 79.7 Å². The molecule has 0 atom stereocenters. The number of nitrogens with zero attached hydrogens (tertiary/aromatic N) is 1. The van der Waals surface area contributed by atoms with Crippen LogP contribution in [0.4, 0.5) is 5.00 Å². The number of thiophene rings is 1.